The zero-order valence-electron chi connectivity index (χ0n) is 14.1. The molecule has 23 heavy (non-hydrogen) atoms. The van der Waals surface area contributed by atoms with Crippen LogP contribution in [-0.4, -0.2) is 19.7 Å². The number of unbranched alkanes of at least 4 members (excludes halogenated alkanes) is 2. The predicted molar refractivity (Wildman–Crippen MR) is 98.3 cm³/mol. The molecule has 2 heteroatoms. The van der Waals surface area contributed by atoms with Crippen LogP contribution in [0.2, 0.25) is 0 Å². The highest BCUT2D eigenvalue weighted by atomic mass is 16.5. The molecule has 2 aromatic rings. The minimum atomic E-state index is 0.819. The minimum Gasteiger partial charge on any atom is -0.491 e. The van der Waals surface area contributed by atoms with E-state index in [1.165, 1.54) is 42.5 Å². The van der Waals surface area contributed by atoms with E-state index < -0.39 is 0 Å². The van der Waals surface area contributed by atoms with Crippen molar-refractivity contribution >= 4 is 5.69 Å². The van der Waals surface area contributed by atoms with Gasteiger partial charge in [0.1, 0.15) is 5.75 Å². The normalized spacial score (nSPS) is 14.2. The Labute approximate surface area is 140 Å². The first kappa shape index (κ1) is 15.9. The summed E-state index contributed by atoms with van der Waals surface area (Å²) in [6.07, 6.45) is 6.17. The summed E-state index contributed by atoms with van der Waals surface area (Å²) in [5.74, 6) is 1.04. The van der Waals surface area contributed by atoms with Crippen LogP contribution in [0.25, 0.3) is 11.1 Å². The van der Waals surface area contributed by atoms with Gasteiger partial charge in [-0.05, 0) is 42.5 Å². The van der Waals surface area contributed by atoms with Crippen LogP contribution >= 0.6 is 0 Å². The van der Waals surface area contributed by atoms with Crippen LogP contribution in [0.5, 0.6) is 5.75 Å². The van der Waals surface area contributed by atoms with Gasteiger partial charge in [0.25, 0.3) is 0 Å². The average molecular weight is 309 g/mol. The molecule has 2 nitrogen and oxygen atoms in total. The number of benzene rings is 2. The van der Waals surface area contributed by atoms with Crippen LogP contribution in [-0.2, 0) is 0 Å². The summed E-state index contributed by atoms with van der Waals surface area (Å²) in [6, 6.07) is 17.2. The number of hydrogen-bond acceptors (Lipinski definition) is 2. The molecule has 1 aliphatic rings. The second-order valence-electron chi connectivity index (χ2n) is 6.30. The van der Waals surface area contributed by atoms with Crippen LogP contribution in [0, 0.1) is 0 Å². The lowest BCUT2D eigenvalue weighted by Crippen LogP contribution is -2.18. The molecule has 0 N–H and O–H groups in total. The third-order valence-corrected chi connectivity index (χ3v) is 4.52. The molecule has 0 atom stereocenters. The molecule has 0 unspecified atom stereocenters. The number of anilines is 1. The average Bonchev–Trinajstić information content (AvgIpc) is 3.14. The van der Waals surface area contributed by atoms with Gasteiger partial charge in [0.2, 0.25) is 0 Å². The first-order chi connectivity index (χ1) is 11.4. The lowest BCUT2D eigenvalue weighted by atomic mass is 10.0. The van der Waals surface area contributed by atoms with Gasteiger partial charge in [-0.1, -0.05) is 56.2 Å². The van der Waals surface area contributed by atoms with E-state index in [4.69, 9.17) is 4.74 Å². The SMILES string of the molecule is CCCCCOc1ccc(-c2ccccc2)cc1N1CCCC1. The highest BCUT2D eigenvalue weighted by Gasteiger charge is 2.17. The Morgan fingerprint density at radius 2 is 1.70 bits per heavy atom. The summed E-state index contributed by atoms with van der Waals surface area (Å²) in [5, 5.41) is 0. The molecule has 1 aliphatic heterocycles. The van der Waals surface area contributed by atoms with Crippen molar-refractivity contribution < 1.29 is 4.74 Å². The minimum absolute atomic E-state index is 0.819. The number of nitrogens with zero attached hydrogens (tertiary/aromatic N) is 1. The molecule has 0 aliphatic carbocycles. The van der Waals surface area contributed by atoms with Gasteiger partial charge in [0.05, 0.1) is 12.3 Å². The first-order valence-electron chi connectivity index (χ1n) is 8.95. The van der Waals surface area contributed by atoms with Gasteiger partial charge in [-0.2, -0.15) is 0 Å². The lowest BCUT2D eigenvalue weighted by molar-refractivity contribution is 0.307. The van der Waals surface area contributed by atoms with Crippen LogP contribution < -0.4 is 9.64 Å². The summed E-state index contributed by atoms with van der Waals surface area (Å²) in [7, 11) is 0. The monoisotopic (exact) mass is 309 g/mol. The van der Waals surface area contributed by atoms with E-state index in [0.29, 0.717) is 0 Å². The molecule has 1 fully saturated rings. The number of ether oxygens (including phenoxy) is 1. The van der Waals surface area contributed by atoms with E-state index in [1.54, 1.807) is 0 Å². The molecule has 3 rings (SSSR count). The molecular weight excluding hydrogens is 282 g/mol. The topological polar surface area (TPSA) is 12.5 Å². The van der Waals surface area contributed by atoms with Crippen LogP contribution in [0.4, 0.5) is 5.69 Å². The predicted octanol–water partition coefficient (Wildman–Crippen LogP) is 5.52. The van der Waals surface area contributed by atoms with E-state index in [-0.39, 0.29) is 0 Å². The van der Waals surface area contributed by atoms with Crippen LogP contribution in [0.15, 0.2) is 48.5 Å². The third-order valence-electron chi connectivity index (χ3n) is 4.52. The number of hydrogen-bond donors (Lipinski definition) is 0. The zero-order chi connectivity index (χ0) is 15.9. The van der Waals surface area contributed by atoms with Gasteiger partial charge in [0.15, 0.2) is 0 Å². The fraction of sp³-hybridized carbons (Fsp3) is 0.429. The maximum Gasteiger partial charge on any atom is 0.142 e. The van der Waals surface area contributed by atoms with Crippen LogP contribution in [0.3, 0.4) is 0 Å². The maximum absolute atomic E-state index is 6.10. The van der Waals surface area contributed by atoms with Crippen molar-refractivity contribution in [3.05, 3.63) is 48.5 Å². The van der Waals surface area contributed by atoms with E-state index in [0.717, 1.165) is 31.9 Å². The molecule has 0 aromatic heterocycles. The van der Waals surface area contributed by atoms with E-state index >= 15 is 0 Å². The van der Waals surface area contributed by atoms with E-state index in [1.807, 2.05) is 0 Å². The van der Waals surface area contributed by atoms with Gasteiger partial charge in [-0.3, -0.25) is 0 Å². The molecule has 1 saturated heterocycles. The summed E-state index contributed by atoms with van der Waals surface area (Å²) < 4.78 is 6.10. The fourth-order valence-electron chi connectivity index (χ4n) is 3.19. The molecule has 0 amide bonds. The zero-order valence-corrected chi connectivity index (χ0v) is 14.1. The van der Waals surface area contributed by atoms with Crippen molar-refractivity contribution in [3.8, 4) is 16.9 Å². The maximum atomic E-state index is 6.10. The molecule has 122 valence electrons. The lowest BCUT2D eigenvalue weighted by Gasteiger charge is -2.22. The van der Waals surface area contributed by atoms with Crippen molar-refractivity contribution in [2.75, 3.05) is 24.6 Å². The van der Waals surface area contributed by atoms with E-state index in [2.05, 4.69) is 60.4 Å². The summed E-state index contributed by atoms with van der Waals surface area (Å²) in [4.78, 5) is 2.47. The molecule has 0 saturated carbocycles. The number of rotatable bonds is 7. The Balaban J connectivity index is 1.83. The standard InChI is InChI=1S/C21H27NO/c1-2-3-9-16-23-21-13-12-19(18-10-5-4-6-11-18)17-20(21)22-14-7-8-15-22/h4-6,10-13,17H,2-3,7-9,14-16H2,1H3. The largest absolute Gasteiger partial charge is 0.491 e. The Bertz CT molecular complexity index is 602. The molecule has 1 heterocycles. The molecular formula is C21H27NO. The summed E-state index contributed by atoms with van der Waals surface area (Å²) in [5.41, 5.74) is 3.80. The van der Waals surface area contributed by atoms with E-state index in [9.17, 15) is 0 Å². The van der Waals surface area contributed by atoms with Gasteiger partial charge in [0, 0.05) is 13.1 Å². The Hall–Kier alpha value is -1.96. The Morgan fingerprint density at radius 1 is 0.913 bits per heavy atom. The van der Waals surface area contributed by atoms with Crippen molar-refractivity contribution in [2.24, 2.45) is 0 Å². The van der Waals surface area contributed by atoms with Crippen molar-refractivity contribution in [2.45, 2.75) is 39.0 Å². The Morgan fingerprint density at radius 3 is 2.43 bits per heavy atom. The Kier molecular flexibility index (Phi) is 5.57. The van der Waals surface area contributed by atoms with Crippen molar-refractivity contribution in [1.82, 2.24) is 0 Å². The first-order valence-corrected chi connectivity index (χ1v) is 8.95. The van der Waals surface area contributed by atoms with Crippen molar-refractivity contribution in [1.29, 1.82) is 0 Å². The summed E-state index contributed by atoms with van der Waals surface area (Å²) >= 11 is 0. The second kappa shape index (κ2) is 8.05. The molecule has 0 bridgehead atoms. The molecule has 0 spiro atoms. The van der Waals surface area contributed by atoms with Gasteiger partial charge in [-0.15, -0.1) is 0 Å². The van der Waals surface area contributed by atoms with Gasteiger partial charge < -0.3 is 9.64 Å². The smallest absolute Gasteiger partial charge is 0.142 e. The fourth-order valence-corrected chi connectivity index (χ4v) is 3.19. The second-order valence-corrected chi connectivity index (χ2v) is 6.30. The molecule has 0 radical (unpaired) electrons. The summed E-state index contributed by atoms with van der Waals surface area (Å²) in [6.45, 7) is 5.33. The van der Waals surface area contributed by atoms with Crippen molar-refractivity contribution in [3.63, 3.8) is 0 Å². The molecule has 2 aromatic carbocycles. The van der Waals surface area contributed by atoms with Gasteiger partial charge >= 0.3 is 0 Å². The highest BCUT2D eigenvalue weighted by molar-refractivity contribution is 5.72. The van der Waals surface area contributed by atoms with Crippen LogP contribution in [0.1, 0.15) is 39.0 Å². The quantitative estimate of drug-likeness (QED) is 0.624. The third kappa shape index (κ3) is 4.07. The highest BCUT2D eigenvalue weighted by Crippen LogP contribution is 2.35. The van der Waals surface area contributed by atoms with Gasteiger partial charge in [-0.25, -0.2) is 0 Å².